The van der Waals surface area contributed by atoms with Gasteiger partial charge in [-0.25, -0.2) is 9.97 Å². The lowest BCUT2D eigenvalue weighted by Gasteiger charge is -2.05. The predicted molar refractivity (Wildman–Crippen MR) is 62.2 cm³/mol. The second-order valence-corrected chi connectivity index (χ2v) is 4.52. The molecule has 5 heteroatoms. The molecule has 0 saturated carbocycles. The van der Waals surface area contributed by atoms with Gasteiger partial charge in [0.1, 0.15) is 5.03 Å². The van der Waals surface area contributed by atoms with Gasteiger partial charge in [0.05, 0.1) is 6.10 Å². The van der Waals surface area contributed by atoms with Gasteiger partial charge in [0.15, 0.2) is 5.16 Å². The largest absolute Gasteiger partial charge is 0.389 e. The molecule has 1 N–H and O–H groups in total. The van der Waals surface area contributed by atoms with Crippen LogP contribution in [0.5, 0.6) is 0 Å². The number of pyridine rings is 1. The van der Waals surface area contributed by atoms with Crippen molar-refractivity contribution in [3.8, 4) is 0 Å². The van der Waals surface area contributed by atoms with Gasteiger partial charge in [0.2, 0.25) is 0 Å². The molecule has 0 unspecified atom stereocenters. The number of aryl methyl sites for hydroxylation is 1. The van der Waals surface area contributed by atoms with Crippen LogP contribution >= 0.6 is 11.8 Å². The minimum Gasteiger partial charge on any atom is -0.389 e. The lowest BCUT2D eigenvalue weighted by Crippen LogP contribution is -1.93. The number of aliphatic hydroxyl groups excluding tert-OH is 1. The smallest absolute Gasteiger partial charge is 0.174 e. The summed E-state index contributed by atoms with van der Waals surface area (Å²) in [5.41, 5.74) is 0.823. The molecule has 16 heavy (non-hydrogen) atoms. The standard InChI is InChI=1S/C11H13N3OS/c1-8(15)9-3-4-10(13-7-9)16-11-12-5-6-14(11)2/h3-8,15H,1-2H3/t8-/m0/s1. The fraction of sp³-hybridized carbons (Fsp3) is 0.273. The molecular weight excluding hydrogens is 222 g/mol. The molecule has 0 aliphatic rings. The Labute approximate surface area is 98.4 Å². The lowest BCUT2D eigenvalue weighted by atomic mass is 10.2. The van der Waals surface area contributed by atoms with Gasteiger partial charge in [0, 0.05) is 25.6 Å². The molecule has 0 saturated heterocycles. The van der Waals surface area contributed by atoms with E-state index in [0.29, 0.717) is 0 Å². The van der Waals surface area contributed by atoms with Crippen LogP contribution in [0.2, 0.25) is 0 Å². The highest BCUT2D eigenvalue weighted by molar-refractivity contribution is 7.99. The molecule has 2 rings (SSSR count). The van der Waals surface area contributed by atoms with E-state index < -0.39 is 6.10 Å². The fourth-order valence-electron chi connectivity index (χ4n) is 1.24. The topological polar surface area (TPSA) is 50.9 Å². The van der Waals surface area contributed by atoms with Crippen LogP contribution in [-0.2, 0) is 7.05 Å². The van der Waals surface area contributed by atoms with Crippen molar-refractivity contribution in [2.24, 2.45) is 7.05 Å². The quantitative estimate of drug-likeness (QED) is 0.884. The predicted octanol–water partition coefficient (Wildman–Crippen LogP) is 2.02. The summed E-state index contributed by atoms with van der Waals surface area (Å²) < 4.78 is 1.94. The van der Waals surface area contributed by atoms with E-state index in [9.17, 15) is 5.11 Å². The normalized spacial score (nSPS) is 12.7. The molecule has 2 aromatic rings. The summed E-state index contributed by atoms with van der Waals surface area (Å²) in [6, 6.07) is 3.77. The monoisotopic (exact) mass is 235 g/mol. The Bertz CT molecular complexity index is 464. The number of imidazole rings is 1. The van der Waals surface area contributed by atoms with Gasteiger partial charge in [-0.1, -0.05) is 6.07 Å². The molecule has 0 aliphatic heterocycles. The minimum absolute atomic E-state index is 0.472. The van der Waals surface area contributed by atoms with E-state index in [4.69, 9.17) is 0 Å². The van der Waals surface area contributed by atoms with E-state index in [2.05, 4.69) is 9.97 Å². The molecule has 0 aliphatic carbocycles. The average Bonchev–Trinajstić information content (AvgIpc) is 2.65. The zero-order valence-corrected chi connectivity index (χ0v) is 9.98. The van der Waals surface area contributed by atoms with Gasteiger partial charge < -0.3 is 9.67 Å². The SMILES string of the molecule is C[C@H](O)c1ccc(Sc2nccn2C)nc1. The molecule has 0 radical (unpaired) electrons. The molecule has 84 valence electrons. The summed E-state index contributed by atoms with van der Waals surface area (Å²) in [6.45, 7) is 1.72. The molecule has 1 atom stereocenters. The highest BCUT2D eigenvalue weighted by Crippen LogP contribution is 2.24. The first-order valence-corrected chi connectivity index (χ1v) is 5.77. The Morgan fingerprint density at radius 3 is 2.69 bits per heavy atom. The van der Waals surface area contributed by atoms with Crippen molar-refractivity contribution in [3.63, 3.8) is 0 Å². The van der Waals surface area contributed by atoms with Gasteiger partial charge >= 0.3 is 0 Å². The van der Waals surface area contributed by atoms with E-state index in [1.165, 1.54) is 11.8 Å². The summed E-state index contributed by atoms with van der Waals surface area (Å²) in [4.78, 5) is 8.47. The third kappa shape index (κ3) is 2.43. The Hall–Kier alpha value is -1.33. The number of hydrogen-bond donors (Lipinski definition) is 1. The van der Waals surface area contributed by atoms with Crippen molar-refractivity contribution >= 4 is 11.8 Å². The third-order valence-electron chi connectivity index (χ3n) is 2.21. The van der Waals surface area contributed by atoms with Crippen molar-refractivity contribution in [1.29, 1.82) is 0 Å². The maximum atomic E-state index is 9.35. The highest BCUT2D eigenvalue weighted by atomic mass is 32.2. The first kappa shape index (κ1) is 11.2. The fourth-order valence-corrected chi connectivity index (χ4v) is 1.99. The summed E-state index contributed by atoms with van der Waals surface area (Å²) in [7, 11) is 1.94. The number of aromatic nitrogens is 3. The molecule has 0 bridgehead atoms. The zero-order chi connectivity index (χ0) is 11.5. The maximum Gasteiger partial charge on any atom is 0.174 e. The molecule has 0 fully saturated rings. The van der Waals surface area contributed by atoms with Crippen molar-refractivity contribution in [3.05, 3.63) is 36.3 Å². The Morgan fingerprint density at radius 2 is 2.19 bits per heavy atom. The van der Waals surface area contributed by atoms with Gasteiger partial charge in [-0.3, -0.25) is 0 Å². The van der Waals surface area contributed by atoms with Crippen LogP contribution in [0.25, 0.3) is 0 Å². The van der Waals surface area contributed by atoms with E-state index in [1.807, 2.05) is 29.9 Å². The number of hydrogen-bond acceptors (Lipinski definition) is 4. The summed E-state index contributed by atoms with van der Waals surface area (Å²) in [5, 5.41) is 11.1. The summed E-state index contributed by atoms with van der Waals surface area (Å²) in [6.07, 6.45) is 4.87. The van der Waals surface area contributed by atoms with Gasteiger partial charge in [-0.15, -0.1) is 0 Å². The molecule has 0 spiro atoms. The third-order valence-corrected chi connectivity index (χ3v) is 3.24. The van der Waals surface area contributed by atoms with Crippen molar-refractivity contribution in [1.82, 2.24) is 14.5 Å². The van der Waals surface area contributed by atoms with Gasteiger partial charge in [-0.05, 0) is 30.3 Å². The van der Waals surface area contributed by atoms with Crippen LogP contribution in [-0.4, -0.2) is 19.6 Å². The number of aliphatic hydroxyl groups is 1. The van der Waals surface area contributed by atoms with Gasteiger partial charge in [-0.2, -0.15) is 0 Å². The summed E-state index contributed by atoms with van der Waals surface area (Å²) >= 11 is 1.50. The van der Waals surface area contributed by atoms with E-state index >= 15 is 0 Å². The molecule has 2 aromatic heterocycles. The molecule has 0 aromatic carbocycles. The molecular formula is C11H13N3OS. The van der Waals surface area contributed by atoms with Crippen molar-refractivity contribution in [2.45, 2.75) is 23.2 Å². The van der Waals surface area contributed by atoms with E-state index in [0.717, 1.165) is 15.7 Å². The van der Waals surface area contributed by atoms with E-state index in [1.54, 1.807) is 19.3 Å². The molecule has 2 heterocycles. The van der Waals surface area contributed by atoms with Crippen LogP contribution < -0.4 is 0 Å². The molecule has 4 nitrogen and oxygen atoms in total. The Morgan fingerprint density at radius 1 is 1.38 bits per heavy atom. The Balaban J connectivity index is 2.14. The number of rotatable bonds is 3. The minimum atomic E-state index is -0.472. The average molecular weight is 235 g/mol. The van der Waals surface area contributed by atoms with Crippen LogP contribution in [0, 0.1) is 0 Å². The van der Waals surface area contributed by atoms with Crippen molar-refractivity contribution < 1.29 is 5.11 Å². The van der Waals surface area contributed by atoms with E-state index in [-0.39, 0.29) is 0 Å². The Kier molecular flexibility index (Phi) is 3.26. The first-order chi connectivity index (χ1) is 7.66. The highest BCUT2D eigenvalue weighted by Gasteiger charge is 2.05. The summed E-state index contributed by atoms with van der Waals surface area (Å²) in [5.74, 6) is 0. The van der Waals surface area contributed by atoms with Crippen LogP contribution in [0.4, 0.5) is 0 Å². The second kappa shape index (κ2) is 4.67. The van der Waals surface area contributed by atoms with Crippen LogP contribution in [0.15, 0.2) is 40.9 Å². The zero-order valence-electron chi connectivity index (χ0n) is 9.16. The maximum absolute atomic E-state index is 9.35. The second-order valence-electron chi connectivity index (χ2n) is 3.53. The first-order valence-electron chi connectivity index (χ1n) is 4.96. The number of nitrogens with zero attached hydrogens (tertiary/aromatic N) is 3. The van der Waals surface area contributed by atoms with Crippen LogP contribution in [0.1, 0.15) is 18.6 Å². The van der Waals surface area contributed by atoms with Crippen LogP contribution in [0.3, 0.4) is 0 Å². The lowest BCUT2D eigenvalue weighted by molar-refractivity contribution is 0.198. The van der Waals surface area contributed by atoms with Crippen molar-refractivity contribution in [2.75, 3.05) is 0 Å². The molecule has 0 amide bonds. The van der Waals surface area contributed by atoms with Gasteiger partial charge in [0.25, 0.3) is 0 Å².